The Balaban J connectivity index is 1.83. The van der Waals surface area contributed by atoms with Crippen LogP contribution >= 0.6 is 0 Å². The van der Waals surface area contributed by atoms with Crippen LogP contribution in [0.5, 0.6) is 0 Å². The average molecular weight is 280 g/mol. The summed E-state index contributed by atoms with van der Waals surface area (Å²) in [5.74, 6) is -0.0788. The molecule has 21 heavy (non-hydrogen) atoms. The summed E-state index contributed by atoms with van der Waals surface area (Å²) in [6, 6.07) is 15.0. The number of ketones is 1. The van der Waals surface area contributed by atoms with Crippen molar-refractivity contribution in [3.63, 3.8) is 0 Å². The molecule has 2 aromatic carbocycles. The van der Waals surface area contributed by atoms with Crippen LogP contribution in [0.1, 0.15) is 15.9 Å². The van der Waals surface area contributed by atoms with Crippen LogP contribution in [-0.4, -0.2) is 24.8 Å². The number of para-hydroxylation sites is 2. The normalized spacial score (nSPS) is 13.6. The molecule has 0 fully saturated rings. The number of Topliss-reactive ketones (excluding diaryl/α,β-unsaturated/α-hetero) is 1. The maximum absolute atomic E-state index is 12.4. The first-order valence-electron chi connectivity index (χ1n) is 6.87. The molecule has 3 rings (SSSR count). The number of fused-ring (bicyclic) bond motifs is 1. The molecule has 4 heteroatoms. The van der Waals surface area contributed by atoms with Crippen LogP contribution < -0.4 is 10.2 Å². The molecule has 0 aliphatic carbocycles. The van der Waals surface area contributed by atoms with Crippen molar-refractivity contribution in [1.82, 2.24) is 0 Å². The second-order valence-corrected chi connectivity index (χ2v) is 5.21. The van der Waals surface area contributed by atoms with E-state index in [2.05, 4.69) is 5.32 Å². The largest absolute Gasteiger partial charge is 0.353 e. The molecule has 1 aliphatic rings. The highest BCUT2D eigenvalue weighted by molar-refractivity contribution is 6.05. The van der Waals surface area contributed by atoms with Crippen LogP contribution in [0.3, 0.4) is 0 Å². The monoisotopic (exact) mass is 280 g/mol. The number of hydrogen-bond donors (Lipinski definition) is 1. The summed E-state index contributed by atoms with van der Waals surface area (Å²) in [6.45, 7) is 2.39. The number of anilines is 2. The zero-order chi connectivity index (χ0) is 14.8. The lowest BCUT2D eigenvalue weighted by Gasteiger charge is -2.30. The summed E-state index contributed by atoms with van der Waals surface area (Å²) < 4.78 is 0. The minimum absolute atomic E-state index is 0.0134. The van der Waals surface area contributed by atoms with Gasteiger partial charge in [0.25, 0.3) is 0 Å². The van der Waals surface area contributed by atoms with Crippen molar-refractivity contribution in [2.24, 2.45) is 0 Å². The third-order valence-corrected chi connectivity index (χ3v) is 3.56. The van der Waals surface area contributed by atoms with Gasteiger partial charge in [-0.1, -0.05) is 42.0 Å². The van der Waals surface area contributed by atoms with Gasteiger partial charge >= 0.3 is 0 Å². The molecule has 0 aromatic heterocycles. The summed E-state index contributed by atoms with van der Waals surface area (Å²) >= 11 is 0. The number of nitrogens with one attached hydrogen (secondary N) is 1. The maximum atomic E-state index is 12.4. The number of carbonyl (C=O) groups excluding carboxylic acids is 2. The molecule has 0 radical (unpaired) electrons. The Kier molecular flexibility index (Phi) is 3.44. The van der Waals surface area contributed by atoms with Crippen molar-refractivity contribution in [1.29, 1.82) is 0 Å². The van der Waals surface area contributed by atoms with Crippen molar-refractivity contribution in [3.8, 4) is 0 Å². The zero-order valence-corrected chi connectivity index (χ0v) is 11.8. The molecular weight excluding hydrogens is 264 g/mol. The lowest BCUT2D eigenvalue weighted by Crippen LogP contribution is -2.41. The van der Waals surface area contributed by atoms with Crippen LogP contribution in [0.25, 0.3) is 0 Å². The second-order valence-electron chi connectivity index (χ2n) is 5.21. The molecular formula is C17H16N2O2. The highest BCUT2D eigenvalue weighted by Gasteiger charge is 2.23. The van der Waals surface area contributed by atoms with Crippen molar-refractivity contribution in [2.45, 2.75) is 6.92 Å². The van der Waals surface area contributed by atoms with Crippen molar-refractivity contribution in [3.05, 3.63) is 59.7 Å². The molecule has 1 N–H and O–H groups in total. The fourth-order valence-corrected chi connectivity index (χ4v) is 2.45. The molecule has 0 spiro atoms. The van der Waals surface area contributed by atoms with Gasteiger partial charge in [0.05, 0.1) is 24.5 Å². The molecule has 0 saturated heterocycles. The number of rotatable bonds is 3. The standard InChI is InChI=1S/C17H16N2O2/c1-12-6-8-13(9-7-12)16(20)10-19-11-17(21)18-14-4-2-3-5-15(14)19/h2-9H,10-11H2,1H3,(H,18,21). The molecule has 1 aliphatic heterocycles. The minimum Gasteiger partial charge on any atom is -0.353 e. The number of nitrogens with zero attached hydrogens (tertiary/aromatic N) is 1. The van der Waals surface area contributed by atoms with Gasteiger partial charge in [0.1, 0.15) is 0 Å². The third-order valence-electron chi connectivity index (χ3n) is 3.56. The highest BCUT2D eigenvalue weighted by Crippen LogP contribution is 2.28. The Hall–Kier alpha value is -2.62. The van der Waals surface area contributed by atoms with Gasteiger partial charge in [-0.2, -0.15) is 0 Å². The van der Waals surface area contributed by atoms with E-state index in [1.807, 2.05) is 60.4 Å². The molecule has 1 amide bonds. The van der Waals surface area contributed by atoms with E-state index in [0.717, 1.165) is 16.9 Å². The number of aryl methyl sites for hydroxylation is 1. The third kappa shape index (κ3) is 2.79. The highest BCUT2D eigenvalue weighted by atomic mass is 16.2. The maximum Gasteiger partial charge on any atom is 0.243 e. The van der Waals surface area contributed by atoms with E-state index in [1.54, 1.807) is 0 Å². The number of hydrogen-bond acceptors (Lipinski definition) is 3. The predicted molar refractivity (Wildman–Crippen MR) is 82.8 cm³/mol. The van der Waals surface area contributed by atoms with E-state index in [4.69, 9.17) is 0 Å². The minimum atomic E-state index is -0.0922. The fourth-order valence-electron chi connectivity index (χ4n) is 2.45. The van der Waals surface area contributed by atoms with Crippen molar-refractivity contribution < 1.29 is 9.59 Å². The van der Waals surface area contributed by atoms with Crippen LogP contribution in [0.15, 0.2) is 48.5 Å². The molecule has 1 heterocycles. The predicted octanol–water partition coefficient (Wildman–Crippen LogP) is 2.64. The lowest BCUT2D eigenvalue weighted by atomic mass is 10.1. The first kappa shape index (κ1) is 13.4. The number of amides is 1. The van der Waals surface area contributed by atoms with E-state index in [9.17, 15) is 9.59 Å². The summed E-state index contributed by atoms with van der Waals surface area (Å²) in [6.07, 6.45) is 0. The Morgan fingerprint density at radius 2 is 1.86 bits per heavy atom. The smallest absolute Gasteiger partial charge is 0.243 e. The first-order chi connectivity index (χ1) is 10.1. The van der Waals surface area contributed by atoms with Gasteiger partial charge in [-0.25, -0.2) is 0 Å². The SMILES string of the molecule is Cc1ccc(C(=O)CN2CC(=O)Nc3ccccc32)cc1. The molecule has 0 saturated carbocycles. The van der Waals surface area contributed by atoms with Gasteiger partial charge < -0.3 is 10.2 Å². The summed E-state index contributed by atoms with van der Waals surface area (Å²) in [4.78, 5) is 25.9. The lowest BCUT2D eigenvalue weighted by molar-refractivity contribution is -0.115. The van der Waals surface area contributed by atoms with Gasteiger partial charge in [-0.05, 0) is 19.1 Å². The van der Waals surface area contributed by atoms with E-state index in [0.29, 0.717) is 5.56 Å². The Morgan fingerprint density at radius 3 is 2.62 bits per heavy atom. The molecule has 0 bridgehead atoms. The fraction of sp³-hybridized carbons (Fsp3) is 0.176. The molecule has 4 nitrogen and oxygen atoms in total. The Labute approximate surface area is 123 Å². The van der Waals surface area contributed by atoms with Gasteiger partial charge in [0, 0.05) is 5.56 Å². The van der Waals surface area contributed by atoms with Crippen LogP contribution in [0.2, 0.25) is 0 Å². The summed E-state index contributed by atoms with van der Waals surface area (Å²) in [7, 11) is 0. The average Bonchev–Trinajstić information content (AvgIpc) is 2.47. The summed E-state index contributed by atoms with van der Waals surface area (Å²) in [5, 5.41) is 2.82. The van der Waals surface area contributed by atoms with Gasteiger partial charge in [0.15, 0.2) is 5.78 Å². The van der Waals surface area contributed by atoms with Gasteiger partial charge in [-0.3, -0.25) is 9.59 Å². The molecule has 0 atom stereocenters. The molecule has 0 unspecified atom stereocenters. The topological polar surface area (TPSA) is 49.4 Å². The Morgan fingerprint density at radius 1 is 1.14 bits per heavy atom. The van der Waals surface area contributed by atoms with E-state index in [1.165, 1.54) is 0 Å². The molecule has 106 valence electrons. The first-order valence-corrected chi connectivity index (χ1v) is 6.87. The van der Waals surface area contributed by atoms with E-state index >= 15 is 0 Å². The van der Waals surface area contributed by atoms with E-state index < -0.39 is 0 Å². The summed E-state index contributed by atoms with van der Waals surface area (Å²) in [5.41, 5.74) is 3.43. The van der Waals surface area contributed by atoms with Crippen molar-refractivity contribution in [2.75, 3.05) is 23.3 Å². The second kappa shape index (κ2) is 5.40. The van der Waals surface area contributed by atoms with Crippen LogP contribution in [0.4, 0.5) is 11.4 Å². The molecule has 2 aromatic rings. The zero-order valence-electron chi connectivity index (χ0n) is 11.8. The van der Waals surface area contributed by atoms with E-state index in [-0.39, 0.29) is 24.8 Å². The van der Waals surface area contributed by atoms with Crippen molar-refractivity contribution >= 4 is 23.1 Å². The quantitative estimate of drug-likeness (QED) is 0.879. The van der Waals surface area contributed by atoms with Gasteiger partial charge in [-0.15, -0.1) is 0 Å². The number of benzene rings is 2. The van der Waals surface area contributed by atoms with Gasteiger partial charge in [0.2, 0.25) is 5.91 Å². The Bertz CT molecular complexity index is 692. The number of carbonyl (C=O) groups is 2. The van der Waals surface area contributed by atoms with Crippen LogP contribution in [0, 0.1) is 6.92 Å². The van der Waals surface area contributed by atoms with Crippen LogP contribution in [-0.2, 0) is 4.79 Å².